The van der Waals surface area contributed by atoms with Crippen LogP contribution in [0.1, 0.15) is 16.8 Å². The lowest BCUT2D eigenvalue weighted by Gasteiger charge is -2.11. The summed E-state index contributed by atoms with van der Waals surface area (Å²) in [5.74, 6) is 0.624. The first-order valence-corrected chi connectivity index (χ1v) is 7.88. The number of benzene rings is 1. The molecule has 2 heterocycles. The highest BCUT2D eigenvalue weighted by Crippen LogP contribution is 2.22. The summed E-state index contributed by atoms with van der Waals surface area (Å²) in [5.41, 5.74) is 2.90. The average molecular weight is 315 g/mol. The molecule has 0 spiro atoms. The van der Waals surface area contributed by atoms with Gasteiger partial charge in [-0.3, -0.25) is 9.20 Å². The number of amides is 1. The Balaban J connectivity index is 1.53. The van der Waals surface area contributed by atoms with Crippen molar-refractivity contribution in [1.29, 1.82) is 0 Å². The number of carbonyl (C=O) groups excluding carboxylic acids is 1. The smallest absolute Gasteiger partial charge is 0.258 e. The van der Waals surface area contributed by atoms with Crippen LogP contribution in [0.3, 0.4) is 0 Å². The fourth-order valence-electron chi connectivity index (χ4n) is 2.27. The summed E-state index contributed by atoms with van der Waals surface area (Å²) in [4.78, 5) is 17.2. The van der Waals surface area contributed by atoms with E-state index >= 15 is 0 Å². The molecule has 0 aliphatic carbocycles. The zero-order valence-corrected chi connectivity index (χ0v) is 13.3. The molecule has 0 radical (unpaired) electrons. The molecule has 5 nitrogen and oxygen atoms in total. The Hall–Kier alpha value is -2.34. The zero-order chi connectivity index (χ0) is 15.5. The minimum atomic E-state index is -0.154. The number of aromatic nitrogens is 2. The van der Waals surface area contributed by atoms with Crippen molar-refractivity contribution >= 4 is 22.2 Å². The van der Waals surface area contributed by atoms with Crippen LogP contribution in [-0.2, 0) is 11.3 Å². The molecule has 1 amide bonds. The summed E-state index contributed by atoms with van der Waals surface area (Å²) in [6.07, 6.45) is 3.86. The average Bonchev–Trinajstić information content (AvgIpc) is 3.05. The first-order chi connectivity index (χ1) is 10.6. The van der Waals surface area contributed by atoms with Crippen molar-refractivity contribution in [3.63, 3.8) is 0 Å². The monoisotopic (exact) mass is 315 g/mol. The molecule has 3 aromatic rings. The summed E-state index contributed by atoms with van der Waals surface area (Å²) < 4.78 is 7.57. The second-order valence-corrected chi connectivity index (χ2v) is 5.98. The molecule has 1 N–H and O–H groups in total. The lowest BCUT2D eigenvalue weighted by atomic mass is 10.1. The van der Waals surface area contributed by atoms with Gasteiger partial charge in [0.05, 0.1) is 12.2 Å². The lowest BCUT2D eigenvalue weighted by molar-refractivity contribution is -0.123. The van der Waals surface area contributed by atoms with E-state index in [2.05, 4.69) is 10.3 Å². The van der Waals surface area contributed by atoms with Crippen molar-refractivity contribution in [3.8, 4) is 5.75 Å². The molecule has 3 rings (SSSR count). The van der Waals surface area contributed by atoms with Gasteiger partial charge >= 0.3 is 0 Å². The number of ether oxygens (including phenoxy) is 1. The lowest BCUT2D eigenvalue weighted by Crippen LogP contribution is -2.28. The van der Waals surface area contributed by atoms with Crippen molar-refractivity contribution < 1.29 is 9.53 Å². The van der Waals surface area contributed by atoms with Crippen molar-refractivity contribution in [3.05, 3.63) is 52.8 Å². The molecule has 22 heavy (non-hydrogen) atoms. The Morgan fingerprint density at radius 2 is 2.14 bits per heavy atom. The summed E-state index contributed by atoms with van der Waals surface area (Å²) in [6.45, 7) is 4.35. The van der Waals surface area contributed by atoms with Crippen LogP contribution >= 0.6 is 11.3 Å². The normalized spacial score (nSPS) is 10.8. The molecule has 0 fully saturated rings. The van der Waals surface area contributed by atoms with E-state index in [9.17, 15) is 4.79 Å². The van der Waals surface area contributed by atoms with Crippen molar-refractivity contribution in [1.82, 2.24) is 14.7 Å². The van der Waals surface area contributed by atoms with Crippen LogP contribution in [0, 0.1) is 13.8 Å². The van der Waals surface area contributed by atoms with Gasteiger partial charge in [-0.05, 0) is 25.0 Å². The Kier molecular flexibility index (Phi) is 4.11. The number of hydrogen-bond donors (Lipinski definition) is 1. The fraction of sp³-hybridized carbons (Fsp3) is 0.250. The highest BCUT2D eigenvalue weighted by molar-refractivity contribution is 7.15. The van der Waals surface area contributed by atoms with Crippen LogP contribution < -0.4 is 10.1 Å². The van der Waals surface area contributed by atoms with E-state index < -0.39 is 0 Å². The number of imidazole rings is 1. The quantitative estimate of drug-likeness (QED) is 0.787. The van der Waals surface area contributed by atoms with Gasteiger partial charge in [0.2, 0.25) is 0 Å². The summed E-state index contributed by atoms with van der Waals surface area (Å²) in [5, 5.41) is 4.80. The van der Waals surface area contributed by atoms with Crippen LogP contribution in [0.25, 0.3) is 4.96 Å². The number of para-hydroxylation sites is 1. The number of nitrogens with one attached hydrogen (secondary N) is 1. The molecule has 6 heteroatoms. The minimum Gasteiger partial charge on any atom is -0.483 e. The molecule has 0 aliphatic heterocycles. The molecule has 0 saturated heterocycles. The fourth-order valence-corrected chi connectivity index (χ4v) is 2.98. The second kappa shape index (κ2) is 6.19. The molecule has 114 valence electrons. The predicted molar refractivity (Wildman–Crippen MR) is 86.3 cm³/mol. The number of nitrogens with zero attached hydrogens (tertiary/aromatic N) is 2. The molecule has 1 aromatic carbocycles. The molecular formula is C16H17N3O2S. The van der Waals surface area contributed by atoms with Gasteiger partial charge in [-0.1, -0.05) is 18.2 Å². The third kappa shape index (κ3) is 3.12. The zero-order valence-electron chi connectivity index (χ0n) is 12.5. The van der Waals surface area contributed by atoms with Gasteiger partial charge in [0, 0.05) is 17.8 Å². The summed E-state index contributed by atoms with van der Waals surface area (Å²) in [7, 11) is 0. The molecule has 0 aliphatic rings. The van der Waals surface area contributed by atoms with E-state index in [1.165, 1.54) is 0 Å². The van der Waals surface area contributed by atoms with Crippen LogP contribution in [0.15, 0.2) is 36.0 Å². The third-order valence-corrected chi connectivity index (χ3v) is 4.14. The van der Waals surface area contributed by atoms with Gasteiger partial charge < -0.3 is 10.1 Å². The Morgan fingerprint density at radius 1 is 1.36 bits per heavy atom. The molecule has 0 atom stereocenters. The van der Waals surface area contributed by atoms with E-state index in [0.717, 1.165) is 27.5 Å². The molecular weight excluding hydrogens is 298 g/mol. The van der Waals surface area contributed by atoms with Crippen LogP contribution in [0.4, 0.5) is 0 Å². The summed E-state index contributed by atoms with van der Waals surface area (Å²) >= 11 is 1.57. The highest BCUT2D eigenvalue weighted by Gasteiger charge is 2.08. The maximum absolute atomic E-state index is 11.9. The van der Waals surface area contributed by atoms with E-state index in [-0.39, 0.29) is 12.5 Å². The standard InChI is InChI=1S/C16H17N3O2S/c1-11-4-3-5-12(2)15(11)21-10-14(20)17-8-13-9-19-6-7-22-16(19)18-13/h3-7,9H,8,10H2,1-2H3,(H,17,20). The van der Waals surface area contributed by atoms with Crippen molar-refractivity contribution in [2.45, 2.75) is 20.4 Å². The van der Waals surface area contributed by atoms with E-state index in [1.54, 1.807) is 11.3 Å². The van der Waals surface area contributed by atoms with Gasteiger partial charge in [-0.15, -0.1) is 11.3 Å². The van der Waals surface area contributed by atoms with Gasteiger partial charge in [-0.2, -0.15) is 0 Å². The van der Waals surface area contributed by atoms with Gasteiger partial charge in [0.25, 0.3) is 5.91 Å². The third-order valence-electron chi connectivity index (χ3n) is 3.37. The minimum absolute atomic E-state index is 0.00785. The molecule has 2 aromatic heterocycles. The number of thiazole rings is 1. The Morgan fingerprint density at radius 3 is 2.86 bits per heavy atom. The molecule has 0 unspecified atom stereocenters. The Labute approximate surface area is 132 Å². The van der Waals surface area contributed by atoms with E-state index in [1.807, 2.05) is 54.2 Å². The van der Waals surface area contributed by atoms with Crippen LogP contribution in [-0.4, -0.2) is 21.9 Å². The van der Waals surface area contributed by atoms with E-state index in [4.69, 9.17) is 4.74 Å². The number of aryl methyl sites for hydroxylation is 2. The number of fused-ring (bicyclic) bond motifs is 1. The maximum Gasteiger partial charge on any atom is 0.258 e. The van der Waals surface area contributed by atoms with Gasteiger partial charge in [-0.25, -0.2) is 4.98 Å². The second-order valence-electron chi connectivity index (χ2n) is 5.11. The van der Waals surface area contributed by atoms with Crippen molar-refractivity contribution in [2.75, 3.05) is 6.61 Å². The van der Waals surface area contributed by atoms with Gasteiger partial charge in [0.1, 0.15) is 5.75 Å². The van der Waals surface area contributed by atoms with Crippen LogP contribution in [0.5, 0.6) is 5.75 Å². The molecule has 0 bridgehead atoms. The highest BCUT2D eigenvalue weighted by atomic mass is 32.1. The largest absolute Gasteiger partial charge is 0.483 e. The molecule has 0 saturated carbocycles. The SMILES string of the molecule is Cc1cccc(C)c1OCC(=O)NCc1cn2ccsc2n1. The predicted octanol–water partition coefficient (Wildman–Crippen LogP) is 2.71. The number of rotatable bonds is 5. The number of hydrogen-bond acceptors (Lipinski definition) is 4. The van der Waals surface area contributed by atoms with Crippen molar-refractivity contribution in [2.24, 2.45) is 0 Å². The topological polar surface area (TPSA) is 55.6 Å². The maximum atomic E-state index is 11.9. The van der Waals surface area contributed by atoms with Crippen LogP contribution in [0.2, 0.25) is 0 Å². The first kappa shape index (κ1) is 14.6. The number of carbonyl (C=O) groups is 1. The van der Waals surface area contributed by atoms with E-state index in [0.29, 0.717) is 6.54 Å². The van der Waals surface area contributed by atoms with Gasteiger partial charge in [0.15, 0.2) is 11.6 Å². The first-order valence-electron chi connectivity index (χ1n) is 7.00. The Bertz CT molecular complexity index is 758. The summed E-state index contributed by atoms with van der Waals surface area (Å²) in [6, 6.07) is 5.91.